The molecule has 0 spiro atoms. The standard InChI is InChI=1S/C20H25N5O/c1-25(2)17(13-16-9-5-4-6-10-16)14-22-20(23-15-21)24-18-11-7-8-12-19(18)26-3/h4-12,17H,13-14H2,1-3H3,(H2,22,23,24). The molecule has 2 N–H and O–H groups in total. The van der Waals surface area contributed by atoms with E-state index in [4.69, 9.17) is 10.00 Å². The number of nitriles is 1. The molecule has 1 atom stereocenters. The van der Waals surface area contributed by atoms with Crippen LogP contribution in [0.4, 0.5) is 5.69 Å². The second-order valence-corrected chi connectivity index (χ2v) is 6.06. The maximum absolute atomic E-state index is 9.03. The van der Waals surface area contributed by atoms with Crippen molar-refractivity contribution in [2.24, 2.45) is 4.99 Å². The van der Waals surface area contributed by atoms with Crippen LogP contribution < -0.4 is 15.4 Å². The molecule has 0 saturated heterocycles. The number of para-hydroxylation sites is 2. The maximum atomic E-state index is 9.03. The second kappa shape index (κ2) is 10.1. The van der Waals surface area contributed by atoms with Crippen molar-refractivity contribution in [2.45, 2.75) is 12.5 Å². The molecule has 0 amide bonds. The molecule has 0 aromatic heterocycles. The summed E-state index contributed by atoms with van der Waals surface area (Å²) in [4.78, 5) is 6.72. The van der Waals surface area contributed by atoms with Crippen LogP contribution in [0, 0.1) is 11.5 Å². The van der Waals surface area contributed by atoms with Gasteiger partial charge in [-0.2, -0.15) is 5.26 Å². The van der Waals surface area contributed by atoms with Gasteiger partial charge in [-0.15, -0.1) is 0 Å². The minimum absolute atomic E-state index is 0.215. The van der Waals surface area contributed by atoms with Crippen LogP contribution >= 0.6 is 0 Å². The number of methoxy groups -OCH3 is 1. The second-order valence-electron chi connectivity index (χ2n) is 6.06. The Bertz CT molecular complexity index is 752. The molecule has 0 aliphatic rings. The summed E-state index contributed by atoms with van der Waals surface area (Å²) in [5, 5.41) is 14.8. The van der Waals surface area contributed by atoms with Crippen LogP contribution in [0.2, 0.25) is 0 Å². The number of ether oxygens (including phenoxy) is 1. The van der Waals surface area contributed by atoms with Crippen LogP contribution in [0.15, 0.2) is 59.6 Å². The average Bonchev–Trinajstić information content (AvgIpc) is 2.66. The molecule has 0 aliphatic heterocycles. The molecule has 26 heavy (non-hydrogen) atoms. The van der Waals surface area contributed by atoms with Crippen LogP contribution in [-0.4, -0.2) is 44.7 Å². The molecular weight excluding hydrogens is 326 g/mol. The lowest BCUT2D eigenvalue weighted by Crippen LogP contribution is -2.35. The van der Waals surface area contributed by atoms with Gasteiger partial charge in [-0.25, -0.2) is 0 Å². The number of anilines is 1. The summed E-state index contributed by atoms with van der Waals surface area (Å²) in [5.74, 6) is 1.09. The Morgan fingerprint density at radius 3 is 2.50 bits per heavy atom. The number of benzene rings is 2. The highest BCUT2D eigenvalue weighted by Crippen LogP contribution is 2.22. The van der Waals surface area contributed by atoms with E-state index in [1.807, 2.05) is 62.8 Å². The molecule has 1 unspecified atom stereocenters. The van der Waals surface area contributed by atoms with Gasteiger partial charge in [0, 0.05) is 6.04 Å². The Labute approximate surface area is 155 Å². The first kappa shape index (κ1) is 19.3. The monoisotopic (exact) mass is 351 g/mol. The Morgan fingerprint density at radius 2 is 1.85 bits per heavy atom. The Kier molecular flexibility index (Phi) is 7.47. The maximum Gasteiger partial charge on any atom is 0.209 e. The van der Waals surface area contributed by atoms with E-state index in [9.17, 15) is 0 Å². The van der Waals surface area contributed by atoms with Crippen molar-refractivity contribution in [1.29, 1.82) is 5.26 Å². The fourth-order valence-electron chi connectivity index (χ4n) is 2.53. The van der Waals surface area contributed by atoms with Gasteiger partial charge in [0.05, 0.1) is 19.3 Å². The van der Waals surface area contributed by atoms with Crippen molar-refractivity contribution in [1.82, 2.24) is 10.2 Å². The van der Waals surface area contributed by atoms with Gasteiger partial charge in [0.2, 0.25) is 5.96 Å². The zero-order valence-corrected chi connectivity index (χ0v) is 15.4. The van der Waals surface area contributed by atoms with Crippen molar-refractivity contribution in [3.05, 3.63) is 60.2 Å². The van der Waals surface area contributed by atoms with Gasteiger partial charge in [-0.1, -0.05) is 42.5 Å². The van der Waals surface area contributed by atoms with Crippen molar-refractivity contribution >= 4 is 11.6 Å². The first-order chi connectivity index (χ1) is 12.6. The predicted octanol–water partition coefficient (Wildman–Crippen LogP) is 2.71. The van der Waals surface area contributed by atoms with Crippen LogP contribution in [0.25, 0.3) is 0 Å². The van der Waals surface area contributed by atoms with Crippen molar-refractivity contribution < 1.29 is 4.74 Å². The highest BCUT2D eigenvalue weighted by atomic mass is 16.5. The summed E-state index contributed by atoms with van der Waals surface area (Å²) in [5.41, 5.74) is 2.01. The number of hydrogen-bond acceptors (Lipinski definition) is 4. The molecule has 2 aromatic carbocycles. The zero-order chi connectivity index (χ0) is 18.8. The van der Waals surface area contributed by atoms with Crippen molar-refractivity contribution in [3.8, 4) is 11.9 Å². The highest BCUT2D eigenvalue weighted by Gasteiger charge is 2.13. The smallest absolute Gasteiger partial charge is 0.209 e. The Morgan fingerprint density at radius 1 is 1.15 bits per heavy atom. The molecule has 0 saturated carbocycles. The summed E-state index contributed by atoms with van der Waals surface area (Å²) >= 11 is 0. The van der Waals surface area contributed by atoms with Gasteiger partial charge in [0.15, 0.2) is 6.19 Å². The zero-order valence-electron chi connectivity index (χ0n) is 15.4. The molecule has 0 aliphatic carbocycles. The van der Waals surface area contributed by atoms with Crippen LogP contribution in [0.5, 0.6) is 5.75 Å². The van der Waals surface area contributed by atoms with E-state index < -0.39 is 0 Å². The van der Waals surface area contributed by atoms with E-state index in [1.165, 1.54) is 5.56 Å². The minimum atomic E-state index is 0.215. The number of guanidine groups is 1. The van der Waals surface area contributed by atoms with Crippen LogP contribution in [0.1, 0.15) is 5.56 Å². The molecule has 6 nitrogen and oxygen atoms in total. The molecule has 136 valence electrons. The van der Waals surface area contributed by atoms with Crippen molar-refractivity contribution in [2.75, 3.05) is 33.1 Å². The SMILES string of the molecule is COc1ccccc1NC(=NCC(Cc1ccccc1)N(C)C)NC#N. The third kappa shape index (κ3) is 5.80. The third-order valence-corrected chi connectivity index (χ3v) is 4.04. The van der Waals surface area contributed by atoms with Gasteiger partial charge in [0.25, 0.3) is 0 Å². The number of aliphatic imine (C=N–C) groups is 1. The molecule has 0 heterocycles. The third-order valence-electron chi connectivity index (χ3n) is 4.04. The molecule has 0 fully saturated rings. The highest BCUT2D eigenvalue weighted by molar-refractivity contribution is 5.95. The number of likely N-dealkylation sites (N-methyl/N-ethyl adjacent to an activating group) is 1. The van der Waals surface area contributed by atoms with Crippen LogP contribution in [0.3, 0.4) is 0 Å². The quantitative estimate of drug-likeness (QED) is 0.347. The summed E-state index contributed by atoms with van der Waals surface area (Å²) in [6, 6.07) is 18.0. The van der Waals surface area contributed by atoms with Gasteiger partial charge < -0.3 is 15.0 Å². The van der Waals surface area contributed by atoms with Crippen molar-refractivity contribution in [3.63, 3.8) is 0 Å². The lowest BCUT2D eigenvalue weighted by atomic mass is 10.1. The lowest BCUT2D eigenvalue weighted by Gasteiger charge is -2.23. The Balaban J connectivity index is 2.11. The lowest BCUT2D eigenvalue weighted by molar-refractivity contribution is 0.298. The minimum Gasteiger partial charge on any atom is -0.495 e. The predicted molar refractivity (Wildman–Crippen MR) is 105 cm³/mol. The van der Waals surface area contributed by atoms with E-state index in [1.54, 1.807) is 7.11 Å². The van der Waals surface area contributed by atoms with Gasteiger partial charge in [0.1, 0.15) is 5.75 Å². The first-order valence-electron chi connectivity index (χ1n) is 8.44. The molecule has 2 aromatic rings. The van der Waals surface area contributed by atoms with E-state index in [0.29, 0.717) is 18.3 Å². The largest absolute Gasteiger partial charge is 0.495 e. The van der Waals surface area contributed by atoms with Gasteiger partial charge >= 0.3 is 0 Å². The number of hydrogen-bond donors (Lipinski definition) is 2. The number of rotatable bonds is 7. The Hall–Kier alpha value is -3.04. The molecule has 2 rings (SSSR count). The van der Waals surface area contributed by atoms with E-state index in [0.717, 1.165) is 12.1 Å². The van der Waals surface area contributed by atoms with Gasteiger partial charge in [-0.05, 0) is 38.2 Å². The summed E-state index contributed by atoms with van der Waals surface area (Å²) in [6.07, 6.45) is 2.81. The normalized spacial score (nSPS) is 12.3. The number of nitrogens with one attached hydrogen (secondary N) is 2. The van der Waals surface area contributed by atoms with E-state index in [2.05, 4.69) is 32.7 Å². The topological polar surface area (TPSA) is 72.7 Å². The van der Waals surface area contributed by atoms with Crippen LogP contribution in [-0.2, 0) is 6.42 Å². The summed E-state index contributed by atoms with van der Waals surface area (Å²) < 4.78 is 5.33. The summed E-state index contributed by atoms with van der Waals surface area (Å²) in [6.45, 7) is 0.550. The van der Waals surface area contributed by atoms with E-state index >= 15 is 0 Å². The van der Waals surface area contributed by atoms with E-state index in [-0.39, 0.29) is 6.04 Å². The first-order valence-corrected chi connectivity index (χ1v) is 8.44. The summed E-state index contributed by atoms with van der Waals surface area (Å²) in [7, 11) is 5.68. The number of nitrogens with zero attached hydrogens (tertiary/aromatic N) is 3. The molecular formula is C20H25N5O. The average molecular weight is 351 g/mol. The van der Waals surface area contributed by atoms with Gasteiger partial charge in [-0.3, -0.25) is 10.3 Å². The fraction of sp³-hybridized carbons (Fsp3) is 0.300. The molecule has 6 heteroatoms. The molecule has 0 radical (unpaired) electrons. The molecule has 0 bridgehead atoms. The fourth-order valence-corrected chi connectivity index (χ4v) is 2.53.